The van der Waals surface area contributed by atoms with Gasteiger partial charge in [-0.3, -0.25) is 4.79 Å². The molecule has 2 unspecified atom stereocenters. The topological polar surface area (TPSA) is 45.2 Å². The van der Waals surface area contributed by atoms with Crippen molar-refractivity contribution in [2.75, 3.05) is 19.4 Å². The van der Waals surface area contributed by atoms with Crippen molar-refractivity contribution in [3.8, 4) is 0 Å². The van der Waals surface area contributed by atoms with Crippen molar-refractivity contribution in [2.45, 2.75) is 39.2 Å². The Kier molecular flexibility index (Phi) is 4.63. The molecule has 110 valence electrons. The number of amides is 1. The molecule has 1 aromatic rings. The number of nitrogens with zero attached hydrogens (tertiary/aromatic N) is 2. The Morgan fingerprint density at radius 1 is 1.20 bits per heavy atom. The van der Waals surface area contributed by atoms with Crippen LogP contribution >= 0.6 is 0 Å². The molecule has 0 bridgehead atoms. The SMILES string of the molecule is CC1CC(C)CC(Nc2ccc(C(=O)N(C)C)cn2)C1. The summed E-state index contributed by atoms with van der Waals surface area (Å²) in [6, 6.07) is 4.24. The maximum Gasteiger partial charge on any atom is 0.254 e. The van der Waals surface area contributed by atoms with Crippen molar-refractivity contribution >= 4 is 11.7 Å². The fourth-order valence-corrected chi connectivity index (χ4v) is 3.14. The largest absolute Gasteiger partial charge is 0.367 e. The van der Waals surface area contributed by atoms with E-state index >= 15 is 0 Å². The molecule has 0 aliphatic heterocycles. The predicted octanol–water partition coefficient (Wildman–Crippen LogP) is 3.02. The van der Waals surface area contributed by atoms with Crippen LogP contribution < -0.4 is 5.32 Å². The first-order chi connectivity index (χ1) is 9.45. The summed E-state index contributed by atoms with van der Waals surface area (Å²) in [5.41, 5.74) is 0.630. The molecule has 2 atom stereocenters. The van der Waals surface area contributed by atoms with E-state index in [0.29, 0.717) is 11.6 Å². The Morgan fingerprint density at radius 3 is 2.35 bits per heavy atom. The molecule has 1 aromatic heterocycles. The lowest BCUT2D eigenvalue weighted by Crippen LogP contribution is -2.30. The van der Waals surface area contributed by atoms with Gasteiger partial charge >= 0.3 is 0 Å². The molecular formula is C16H25N3O. The van der Waals surface area contributed by atoms with E-state index in [9.17, 15) is 4.79 Å². The number of hydrogen-bond acceptors (Lipinski definition) is 3. The summed E-state index contributed by atoms with van der Waals surface area (Å²) in [7, 11) is 3.50. The number of aromatic nitrogens is 1. The second-order valence-corrected chi connectivity index (χ2v) is 6.39. The summed E-state index contributed by atoms with van der Waals surface area (Å²) in [6.07, 6.45) is 5.37. The van der Waals surface area contributed by atoms with E-state index in [1.54, 1.807) is 25.2 Å². The van der Waals surface area contributed by atoms with Gasteiger partial charge in [0.15, 0.2) is 0 Å². The molecule has 4 heteroatoms. The van der Waals surface area contributed by atoms with Gasteiger partial charge in [-0.1, -0.05) is 13.8 Å². The number of anilines is 1. The Bertz CT molecular complexity index is 445. The molecule has 20 heavy (non-hydrogen) atoms. The van der Waals surface area contributed by atoms with Crippen LogP contribution in [-0.4, -0.2) is 35.9 Å². The van der Waals surface area contributed by atoms with Gasteiger partial charge in [0.1, 0.15) is 5.82 Å². The lowest BCUT2D eigenvalue weighted by atomic mass is 9.80. The van der Waals surface area contributed by atoms with Gasteiger partial charge in [-0.05, 0) is 43.2 Å². The van der Waals surface area contributed by atoms with Crippen molar-refractivity contribution in [1.29, 1.82) is 0 Å². The van der Waals surface area contributed by atoms with Crippen LogP contribution in [0.1, 0.15) is 43.5 Å². The molecule has 0 radical (unpaired) electrons. The molecule has 1 aliphatic rings. The standard InChI is InChI=1S/C16H25N3O/c1-11-7-12(2)9-14(8-11)18-15-6-5-13(10-17-15)16(20)19(3)4/h5-6,10-12,14H,7-9H2,1-4H3,(H,17,18). The van der Waals surface area contributed by atoms with Crippen LogP contribution in [0.2, 0.25) is 0 Å². The van der Waals surface area contributed by atoms with Crippen molar-refractivity contribution < 1.29 is 4.79 Å². The van der Waals surface area contributed by atoms with Crippen molar-refractivity contribution in [1.82, 2.24) is 9.88 Å². The molecule has 0 aromatic carbocycles. The average molecular weight is 275 g/mol. The average Bonchev–Trinajstić information content (AvgIpc) is 2.37. The number of carbonyl (C=O) groups excluding carboxylic acids is 1. The third-order valence-electron chi connectivity index (χ3n) is 3.95. The molecule has 2 rings (SSSR count). The highest BCUT2D eigenvalue weighted by molar-refractivity contribution is 5.93. The normalized spacial score (nSPS) is 26.1. The van der Waals surface area contributed by atoms with E-state index in [0.717, 1.165) is 17.7 Å². The highest BCUT2D eigenvalue weighted by Gasteiger charge is 2.23. The first-order valence-corrected chi connectivity index (χ1v) is 7.40. The fourth-order valence-electron chi connectivity index (χ4n) is 3.14. The zero-order chi connectivity index (χ0) is 14.7. The van der Waals surface area contributed by atoms with E-state index in [1.807, 2.05) is 12.1 Å². The minimum Gasteiger partial charge on any atom is -0.367 e. The Hall–Kier alpha value is -1.58. The van der Waals surface area contributed by atoms with Gasteiger partial charge in [-0.25, -0.2) is 4.98 Å². The maximum atomic E-state index is 11.8. The number of nitrogens with one attached hydrogen (secondary N) is 1. The van der Waals surface area contributed by atoms with Crippen LogP contribution in [0.5, 0.6) is 0 Å². The van der Waals surface area contributed by atoms with E-state index in [1.165, 1.54) is 19.3 Å². The van der Waals surface area contributed by atoms with Gasteiger partial charge < -0.3 is 10.2 Å². The second-order valence-electron chi connectivity index (χ2n) is 6.39. The molecule has 1 heterocycles. The highest BCUT2D eigenvalue weighted by Crippen LogP contribution is 2.30. The van der Waals surface area contributed by atoms with Crippen LogP contribution in [0.15, 0.2) is 18.3 Å². The fraction of sp³-hybridized carbons (Fsp3) is 0.625. The van der Waals surface area contributed by atoms with E-state index in [2.05, 4.69) is 24.1 Å². The third-order valence-corrected chi connectivity index (χ3v) is 3.95. The molecule has 0 spiro atoms. The first-order valence-electron chi connectivity index (χ1n) is 7.40. The van der Waals surface area contributed by atoms with Crippen LogP contribution in [0.25, 0.3) is 0 Å². The van der Waals surface area contributed by atoms with E-state index in [4.69, 9.17) is 0 Å². The summed E-state index contributed by atoms with van der Waals surface area (Å²) in [6.45, 7) is 4.63. The molecular weight excluding hydrogens is 250 g/mol. The molecule has 1 aliphatic carbocycles. The van der Waals surface area contributed by atoms with E-state index in [-0.39, 0.29) is 5.91 Å². The summed E-state index contributed by atoms with van der Waals surface area (Å²) < 4.78 is 0. The number of carbonyl (C=O) groups is 1. The second kappa shape index (κ2) is 6.25. The monoisotopic (exact) mass is 275 g/mol. The van der Waals surface area contributed by atoms with Gasteiger partial charge in [-0.2, -0.15) is 0 Å². The summed E-state index contributed by atoms with van der Waals surface area (Å²) in [5, 5.41) is 3.50. The quantitative estimate of drug-likeness (QED) is 0.922. The number of pyridine rings is 1. The van der Waals surface area contributed by atoms with Crippen molar-refractivity contribution in [3.05, 3.63) is 23.9 Å². The number of rotatable bonds is 3. The predicted molar refractivity (Wildman–Crippen MR) is 81.8 cm³/mol. The van der Waals surface area contributed by atoms with Crippen LogP contribution in [0.4, 0.5) is 5.82 Å². The van der Waals surface area contributed by atoms with Gasteiger partial charge in [-0.15, -0.1) is 0 Å². The van der Waals surface area contributed by atoms with E-state index < -0.39 is 0 Å². The Labute approximate surface area is 121 Å². The number of hydrogen-bond donors (Lipinski definition) is 1. The molecule has 4 nitrogen and oxygen atoms in total. The Balaban J connectivity index is 1.98. The van der Waals surface area contributed by atoms with Crippen LogP contribution in [-0.2, 0) is 0 Å². The van der Waals surface area contributed by atoms with Crippen LogP contribution in [0, 0.1) is 11.8 Å². The van der Waals surface area contributed by atoms with Gasteiger partial charge in [0, 0.05) is 26.3 Å². The molecule has 1 saturated carbocycles. The molecule has 1 amide bonds. The van der Waals surface area contributed by atoms with Crippen molar-refractivity contribution in [3.63, 3.8) is 0 Å². The van der Waals surface area contributed by atoms with Gasteiger partial charge in [0.2, 0.25) is 0 Å². The van der Waals surface area contributed by atoms with Gasteiger partial charge in [0.05, 0.1) is 5.56 Å². The summed E-state index contributed by atoms with van der Waals surface area (Å²) in [4.78, 5) is 17.7. The first kappa shape index (κ1) is 14.8. The lowest BCUT2D eigenvalue weighted by Gasteiger charge is -2.32. The van der Waals surface area contributed by atoms with Crippen LogP contribution in [0.3, 0.4) is 0 Å². The zero-order valence-electron chi connectivity index (χ0n) is 12.9. The minimum absolute atomic E-state index is 0.0102. The maximum absolute atomic E-state index is 11.8. The van der Waals surface area contributed by atoms with Crippen molar-refractivity contribution in [2.24, 2.45) is 11.8 Å². The molecule has 1 N–H and O–H groups in total. The molecule has 0 saturated heterocycles. The zero-order valence-corrected chi connectivity index (χ0v) is 12.9. The summed E-state index contributed by atoms with van der Waals surface area (Å²) in [5.74, 6) is 2.40. The lowest BCUT2D eigenvalue weighted by molar-refractivity contribution is 0.0827. The highest BCUT2D eigenvalue weighted by atomic mass is 16.2. The van der Waals surface area contributed by atoms with Gasteiger partial charge in [0.25, 0.3) is 5.91 Å². The minimum atomic E-state index is -0.0102. The molecule has 1 fully saturated rings. The smallest absolute Gasteiger partial charge is 0.254 e. The third kappa shape index (κ3) is 3.71. The summed E-state index contributed by atoms with van der Waals surface area (Å²) >= 11 is 0. The Morgan fingerprint density at radius 2 is 1.85 bits per heavy atom.